The number of aromatic nitrogens is 2. The normalized spacial score (nSPS) is 20.6. The Balaban J connectivity index is 1.22. The van der Waals surface area contributed by atoms with Crippen molar-refractivity contribution >= 4 is 39.9 Å². The van der Waals surface area contributed by atoms with Crippen LogP contribution in [0.1, 0.15) is 41.7 Å². The van der Waals surface area contributed by atoms with Gasteiger partial charge >= 0.3 is 6.18 Å². The first-order chi connectivity index (χ1) is 17.8. The average molecular weight is 534 g/mol. The van der Waals surface area contributed by atoms with Gasteiger partial charge in [-0.2, -0.15) is 13.2 Å². The number of carbonyl (C=O) groups excluding carboxylic acids is 1. The van der Waals surface area contributed by atoms with E-state index in [-0.39, 0.29) is 23.5 Å². The van der Waals surface area contributed by atoms with Crippen LogP contribution in [-0.2, 0) is 10.9 Å². The lowest BCUT2D eigenvalue weighted by Gasteiger charge is -2.31. The number of hydrogen-bond acceptors (Lipinski definition) is 6. The van der Waals surface area contributed by atoms with Gasteiger partial charge in [-0.05, 0) is 62.1 Å². The summed E-state index contributed by atoms with van der Waals surface area (Å²) in [7, 11) is 0. The van der Waals surface area contributed by atoms with E-state index >= 15 is 0 Å². The van der Waals surface area contributed by atoms with Crippen LogP contribution in [0.25, 0.3) is 10.9 Å². The molecule has 1 aliphatic carbocycles. The summed E-state index contributed by atoms with van der Waals surface area (Å²) in [6.45, 7) is 2.74. The van der Waals surface area contributed by atoms with Crippen molar-refractivity contribution in [3.63, 3.8) is 0 Å². The summed E-state index contributed by atoms with van der Waals surface area (Å²) in [5, 5.41) is 7.35. The van der Waals surface area contributed by atoms with Crippen LogP contribution in [0, 0.1) is 0 Å². The van der Waals surface area contributed by atoms with Crippen LogP contribution in [0.15, 0.2) is 42.6 Å². The minimum atomic E-state index is -4.55. The molecule has 0 bridgehead atoms. The number of rotatable bonds is 5. The molecule has 1 aromatic carbocycles. The Hall–Kier alpha value is -3.11. The van der Waals surface area contributed by atoms with Crippen LogP contribution in [0.5, 0.6) is 0 Å². The third-order valence-electron chi connectivity index (χ3n) is 6.83. The number of carbonyl (C=O) groups is 1. The quantitative estimate of drug-likeness (QED) is 0.464. The molecule has 0 unspecified atom stereocenters. The number of halogens is 4. The summed E-state index contributed by atoms with van der Waals surface area (Å²) in [4.78, 5) is 23.2. The van der Waals surface area contributed by atoms with E-state index in [1.165, 1.54) is 12.1 Å². The number of morpholine rings is 1. The lowest BCUT2D eigenvalue weighted by Crippen LogP contribution is -2.40. The van der Waals surface area contributed by atoms with Gasteiger partial charge in [-0.25, -0.2) is 9.97 Å². The third-order valence-corrected chi connectivity index (χ3v) is 7.06. The summed E-state index contributed by atoms with van der Waals surface area (Å²) in [6, 6.07) is 9.14. The molecular weight excluding hydrogens is 507 g/mol. The average Bonchev–Trinajstić information content (AvgIpc) is 2.90. The maximum Gasteiger partial charge on any atom is 0.433 e. The number of nitrogens with zero attached hydrogens (tertiary/aromatic N) is 3. The van der Waals surface area contributed by atoms with Gasteiger partial charge in [0.1, 0.15) is 11.5 Å². The van der Waals surface area contributed by atoms with Gasteiger partial charge in [-0.15, -0.1) is 0 Å². The van der Waals surface area contributed by atoms with Crippen molar-refractivity contribution in [2.45, 2.75) is 43.9 Å². The second-order valence-electron chi connectivity index (χ2n) is 9.38. The fourth-order valence-corrected chi connectivity index (χ4v) is 5.03. The first-order valence-corrected chi connectivity index (χ1v) is 12.7. The monoisotopic (exact) mass is 533 g/mol. The summed E-state index contributed by atoms with van der Waals surface area (Å²) < 4.78 is 45.7. The molecule has 37 heavy (non-hydrogen) atoms. The van der Waals surface area contributed by atoms with Gasteiger partial charge in [0, 0.05) is 53.0 Å². The first kappa shape index (κ1) is 25.5. The molecule has 7 nitrogen and oxygen atoms in total. The minimum absolute atomic E-state index is 0.0140. The molecule has 196 valence electrons. The minimum Gasteiger partial charge on any atom is -0.382 e. The number of alkyl halides is 3. The number of hydrogen-bond donors (Lipinski definition) is 2. The molecule has 5 rings (SSSR count). The summed E-state index contributed by atoms with van der Waals surface area (Å²) in [6.07, 6.45) is -0.0959. The second kappa shape index (κ2) is 10.7. The summed E-state index contributed by atoms with van der Waals surface area (Å²) in [5.41, 5.74) is 0.201. The Labute approximate surface area is 217 Å². The zero-order valence-corrected chi connectivity index (χ0v) is 20.8. The molecule has 1 saturated carbocycles. The highest BCUT2D eigenvalue weighted by molar-refractivity contribution is 6.31. The molecule has 1 amide bonds. The number of pyridine rings is 2. The van der Waals surface area contributed by atoms with Crippen LogP contribution in [0.3, 0.4) is 0 Å². The SMILES string of the molecule is O=C(NC1CCC(Nc2cc(C(F)(F)F)nc3ccc(Cl)cc23)CC1)c1ccnc(N2CCOCC2)c1. The van der Waals surface area contributed by atoms with Gasteiger partial charge in [0.2, 0.25) is 0 Å². The molecular formula is C26H27ClF3N5O2. The second-order valence-corrected chi connectivity index (χ2v) is 9.82. The van der Waals surface area contributed by atoms with Crippen molar-refractivity contribution < 1.29 is 22.7 Å². The number of nitrogens with one attached hydrogen (secondary N) is 2. The van der Waals surface area contributed by atoms with Crippen LogP contribution in [0.2, 0.25) is 5.02 Å². The molecule has 11 heteroatoms. The Bertz CT molecular complexity index is 1270. The fourth-order valence-electron chi connectivity index (χ4n) is 4.86. The number of anilines is 2. The number of fused-ring (bicyclic) bond motifs is 1. The van der Waals surface area contributed by atoms with Crippen LogP contribution >= 0.6 is 11.6 Å². The summed E-state index contributed by atoms with van der Waals surface area (Å²) in [5.74, 6) is 0.602. The van der Waals surface area contributed by atoms with Crippen molar-refractivity contribution in [2.24, 2.45) is 0 Å². The van der Waals surface area contributed by atoms with Gasteiger partial charge in [-0.1, -0.05) is 11.6 Å². The van der Waals surface area contributed by atoms with Crippen molar-refractivity contribution in [2.75, 3.05) is 36.5 Å². The van der Waals surface area contributed by atoms with Crippen molar-refractivity contribution in [3.8, 4) is 0 Å². The Kier molecular flexibility index (Phi) is 7.39. The van der Waals surface area contributed by atoms with Crippen LogP contribution in [0.4, 0.5) is 24.7 Å². The first-order valence-electron chi connectivity index (χ1n) is 12.3. The fraction of sp³-hybridized carbons (Fsp3) is 0.423. The Morgan fingerprint density at radius 1 is 1.03 bits per heavy atom. The van der Waals surface area contributed by atoms with E-state index in [0.29, 0.717) is 60.6 Å². The van der Waals surface area contributed by atoms with E-state index in [9.17, 15) is 18.0 Å². The topological polar surface area (TPSA) is 79.4 Å². The number of amides is 1. The highest BCUT2D eigenvalue weighted by atomic mass is 35.5. The highest BCUT2D eigenvalue weighted by Gasteiger charge is 2.34. The van der Waals surface area contributed by atoms with E-state index in [0.717, 1.165) is 25.0 Å². The lowest BCUT2D eigenvalue weighted by atomic mass is 9.90. The third kappa shape index (κ3) is 6.07. The molecule has 0 radical (unpaired) electrons. The predicted octanol–water partition coefficient (Wildman–Crippen LogP) is 5.29. The Morgan fingerprint density at radius 2 is 1.76 bits per heavy atom. The maximum absolute atomic E-state index is 13.4. The number of benzene rings is 1. The number of ether oxygens (including phenoxy) is 1. The molecule has 1 saturated heterocycles. The van der Waals surface area contributed by atoms with Gasteiger partial charge < -0.3 is 20.3 Å². The van der Waals surface area contributed by atoms with Crippen molar-refractivity contribution in [3.05, 3.63) is 58.9 Å². The standard InChI is InChI=1S/C26H27ClF3N5O2/c27-17-1-6-21-20(14-17)22(15-23(34-21)26(28,29)30)32-18-2-4-19(5-3-18)33-25(36)16-7-8-31-24(13-16)35-9-11-37-12-10-35/h1,6-8,13-15,18-19H,2-5,9-12H2,(H,32,34)(H,33,36). The molecule has 2 N–H and O–H groups in total. The van der Waals surface area contributed by atoms with Gasteiger partial charge in [0.05, 0.1) is 18.7 Å². The van der Waals surface area contributed by atoms with Gasteiger partial charge in [0.15, 0.2) is 0 Å². The Morgan fingerprint density at radius 3 is 2.49 bits per heavy atom. The van der Waals surface area contributed by atoms with Gasteiger partial charge in [-0.3, -0.25) is 4.79 Å². The zero-order valence-electron chi connectivity index (χ0n) is 20.0. The molecule has 3 aromatic rings. The van der Waals surface area contributed by atoms with Gasteiger partial charge in [0.25, 0.3) is 5.91 Å². The molecule has 0 spiro atoms. The maximum atomic E-state index is 13.4. The molecule has 3 heterocycles. The van der Waals surface area contributed by atoms with Crippen molar-refractivity contribution in [1.82, 2.24) is 15.3 Å². The predicted molar refractivity (Wildman–Crippen MR) is 136 cm³/mol. The molecule has 2 aromatic heterocycles. The molecule has 1 aliphatic heterocycles. The zero-order chi connectivity index (χ0) is 26.0. The molecule has 2 aliphatic rings. The van der Waals surface area contributed by atoms with E-state index < -0.39 is 11.9 Å². The van der Waals surface area contributed by atoms with Crippen LogP contribution in [-0.4, -0.2) is 54.3 Å². The van der Waals surface area contributed by atoms with E-state index in [1.807, 2.05) is 0 Å². The van der Waals surface area contributed by atoms with Crippen LogP contribution < -0.4 is 15.5 Å². The van der Waals surface area contributed by atoms with Crippen molar-refractivity contribution in [1.29, 1.82) is 0 Å². The largest absolute Gasteiger partial charge is 0.433 e. The highest BCUT2D eigenvalue weighted by Crippen LogP contribution is 2.35. The smallest absolute Gasteiger partial charge is 0.382 e. The molecule has 0 atom stereocenters. The summed E-state index contributed by atoms with van der Waals surface area (Å²) >= 11 is 6.10. The van der Waals surface area contributed by atoms with E-state index in [2.05, 4.69) is 25.5 Å². The molecule has 2 fully saturated rings. The van der Waals surface area contributed by atoms with E-state index in [1.54, 1.807) is 24.4 Å². The van der Waals surface area contributed by atoms with E-state index in [4.69, 9.17) is 16.3 Å². The lowest BCUT2D eigenvalue weighted by molar-refractivity contribution is -0.140.